The quantitative estimate of drug-likeness (QED) is 0.875. The molecule has 0 amide bonds. The van der Waals surface area contributed by atoms with Gasteiger partial charge in [0.1, 0.15) is 5.82 Å². The summed E-state index contributed by atoms with van der Waals surface area (Å²) in [7, 11) is -3.66. The van der Waals surface area contributed by atoms with Gasteiger partial charge in [0.2, 0.25) is 10.0 Å². The van der Waals surface area contributed by atoms with Gasteiger partial charge in [-0.3, -0.25) is 4.90 Å². The molecule has 2 rings (SSSR count). The number of halogens is 1. The van der Waals surface area contributed by atoms with Crippen LogP contribution < -0.4 is 4.72 Å². The lowest BCUT2D eigenvalue weighted by Crippen LogP contribution is -2.47. The number of ether oxygens (including phenoxy) is 1. The molecule has 1 atom stereocenters. The molecule has 112 valence electrons. The fourth-order valence-corrected chi connectivity index (χ4v) is 3.25. The van der Waals surface area contributed by atoms with Crippen molar-refractivity contribution >= 4 is 10.0 Å². The highest BCUT2D eigenvalue weighted by Crippen LogP contribution is 2.11. The number of rotatable bonds is 5. The zero-order chi connectivity index (χ0) is 14.6. The van der Waals surface area contributed by atoms with Gasteiger partial charge in [0.05, 0.1) is 18.1 Å². The van der Waals surface area contributed by atoms with Crippen molar-refractivity contribution in [2.75, 3.05) is 32.8 Å². The molecule has 1 fully saturated rings. The van der Waals surface area contributed by atoms with Crippen LogP contribution in [0.15, 0.2) is 29.2 Å². The van der Waals surface area contributed by atoms with Crippen LogP contribution in [0.3, 0.4) is 0 Å². The first kappa shape index (κ1) is 15.4. The van der Waals surface area contributed by atoms with E-state index in [4.69, 9.17) is 4.74 Å². The van der Waals surface area contributed by atoms with Crippen molar-refractivity contribution < 1.29 is 17.5 Å². The lowest BCUT2D eigenvalue weighted by Gasteiger charge is -2.32. The van der Waals surface area contributed by atoms with Crippen molar-refractivity contribution in [2.24, 2.45) is 0 Å². The van der Waals surface area contributed by atoms with E-state index in [-0.39, 0.29) is 10.9 Å². The Labute approximate surface area is 118 Å². The van der Waals surface area contributed by atoms with E-state index in [1.165, 1.54) is 18.2 Å². The molecule has 5 nitrogen and oxygen atoms in total. The molecule has 0 aromatic heterocycles. The van der Waals surface area contributed by atoms with Gasteiger partial charge in [0.15, 0.2) is 0 Å². The molecule has 1 saturated heterocycles. The van der Waals surface area contributed by atoms with Crippen LogP contribution in [-0.4, -0.2) is 52.2 Å². The van der Waals surface area contributed by atoms with Gasteiger partial charge in [0.25, 0.3) is 0 Å². The van der Waals surface area contributed by atoms with E-state index in [0.717, 1.165) is 19.2 Å². The maximum absolute atomic E-state index is 13.1. The number of nitrogens with zero attached hydrogens (tertiary/aromatic N) is 1. The zero-order valence-corrected chi connectivity index (χ0v) is 12.2. The van der Waals surface area contributed by atoms with E-state index >= 15 is 0 Å². The summed E-state index contributed by atoms with van der Waals surface area (Å²) in [6.45, 7) is 5.17. The Morgan fingerprint density at radius 2 is 2.10 bits per heavy atom. The fraction of sp³-hybridized carbons (Fsp3) is 0.538. The van der Waals surface area contributed by atoms with E-state index in [1.807, 2.05) is 6.92 Å². The molecule has 0 radical (unpaired) electrons. The molecule has 0 saturated carbocycles. The SMILES string of the molecule is CC(CNS(=O)(=O)c1cccc(F)c1)N1CCOCC1. The van der Waals surface area contributed by atoms with Crippen molar-refractivity contribution in [1.82, 2.24) is 9.62 Å². The van der Waals surface area contributed by atoms with E-state index < -0.39 is 15.8 Å². The largest absolute Gasteiger partial charge is 0.379 e. The monoisotopic (exact) mass is 302 g/mol. The van der Waals surface area contributed by atoms with Gasteiger partial charge in [-0.2, -0.15) is 0 Å². The summed E-state index contributed by atoms with van der Waals surface area (Å²) in [5.74, 6) is -0.561. The van der Waals surface area contributed by atoms with Gasteiger partial charge in [-0.25, -0.2) is 17.5 Å². The molecule has 0 bridgehead atoms. The van der Waals surface area contributed by atoms with Gasteiger partial charge in [-0.1, -0.05) is 6.07 Å². The van der Waals surface area contributed by atoms with Crippen LogP contribution in [0.25, 0.3) is 0 Å². The third-order valence-corrected chi connectivity index (χ3v) is 4.77. The smallest absolute Gasteiger partial charge is 0.240 e. The number of hydrogen-bond donors (Lipinski definition) is 1. The van der Waals surface area contributed by atoms with Crippen molar-refractivity contribution in [1.29, 1.82) is 0 Å². The minimum Gasteiger partial charge on any atom is -0.379 e. The van der Waals surface area contributed by atoms with E-state index in [1.54, 1.807) is 0 Å². The predicted molar refractivity (Wildman–Crippen MR) is 73.4 cm³/mol. The minimum atomic E-state index is -3.66. The second kappa shape index (κ2) is 6.62. The summed E-state index contributed by atoms with van der Waals surface area (Å²) < 4.78 is 45.0. The average molecular weight is 302 g/mol. The topological polar surface area (TPSA) is 58.6 Å². The second-order valence-electron chi connectivity index (χ2n) is 4.81. The van der Waals surface area contributed by atoms with Crippen molar-refractivity contribution in [2.45, 2.75) is 17.9 Å². The third kappa shape index (κ3) is 3.99. The average Bonchev–Trinajstić information content (AvgIpc) is 2.46. The van der Waals surface area contributed by atoms with Crippen LogP contribution in [0.2, 0.25) is 0 Å². The predicted octanol–water partition coefficient (Wildman–Crippen LogP) is 0.825. The van der Waals surface area contributed by atoms with E-state index in [2.05, 4.69) is 9.62 Å². The highest BCUT2D eigenvalue weighted by molar-refractivity contribution is 7.89. The molecule has 1 N–H and O–H groups in total. The first-order valence-corrected chi connectivity index (χ1v) is 8.04. The summed E-state index contributed by atoms with van der Waals surface area (Å²) in [4.78, 5) is 2.11. The summed E-state index contributed by atoms with van der Waals surface area (Å²) in [5, 5.41) is 0. The molecule has 0 spiro atoms. The standard InChI is InChI=1S/C13H19FN2O3S/c1-11(16-5-7-19-8-6-16)10-15-20(17,18)13-4-2-3-12(14)9-13/h2-4,9,11,15H,5-8,10H2,1H3. The minimum absolute atomic E-state index is 0.0494. The molecule has 7 heteroatoms. The van der Waals surface area contributed by atoms with Gasteiger partial charge in [-0.05, 0) is 25.1 Å². The number of benzene rings is 1. The first-order chi connectivity index (χ1) is 9.49. The molecule has 20 heavy (non-hydrogen) atoms. The molecule has 1 unspecified atom stereocenters. The number of morpholine rings is 1. The molecular formula is C13H19FN2O3S. The van der Waals surface area contributed by atoms with E-state index in [9.17, 15) is 12.8 Å². The third-order valence-electron chi connectivity index (χ3n) is 3.34. The Kier molecular flexibility index (Phi) is 5.09. The lowest BCUT2D eigenvalue weighted by atomic mass is 10.2. The Morgan fingerprint density at radius 3 is 2.75 bits per heavy atom. The highest BCUT2D eigenvalue weighted by Gasteiger charge is 2.20. The molecule has 1 aliphatic rings. The van der Waals surface area contributed by atoms with Gasteiger partial charge in [0, 0.05) is 25.7 Å². The Bertz CT molecular complexity index is 544. The second-order valence-corrected chi connectivity index (χ2v) is 6.57. The molecule has 1 heterocycles. The van der Waals surface area contributed by atoms with Crippen molar-refractivity contribution in [3.8, 4) is 0 Å². The first-order valence-electron chi connectivity index (χ1n) is 6.56. The van der Waals surface area contributed by atoms with Gasteiger partial charge >= 0.3 is 0 Å². The van der Waals surface area contributed by atoms with Crippen molar-refractivity contribution in [3.05, 3.63) is 30.1 Å². The number of hydrogen-bond acceptors (Lipinski definition) is 4. The summed E-state index contributed by atoms with van der Waals surface area (Å²) in [6, 6.07) is 5.07. The van der Waals surface area contributed by atoms with Crippen LogP contribution in [-0.2, 0) is 14.8 Å². The summed E-state index contributed by atoms with van der Waals surface area (Å²) in [5.41, 5.74) is 0. The Balaban J connectivity index is 1.95. The molecule has 1 aromatic rings. The number of nitrogens with one attached hydrogen (secondary N) is 1. The zero-order valence-electron chi connectivity index (χ0n) is 11.4. The summed E-state index contributed by atoms with van der Waals surface area (Å²) in [6.07, 6.45) is 0. The Morgan fingerprint density at radius 1 is 1.40 bits per heavy atom. The number of sulfonamides is 1. The highest BCUT2D eigenvalue weighted by atomic mass is 32.2. The van der Waals surface area contributed by atoms with Crippen molar-refractivity contribution in [3.63, 3.8) is 0 Å². The fourth-order valence-electron chi connectivity index (χ4n) is 2.10. The molecule has 1 aromatic carbocycles. The molecule has 1 aliphatic heterocycles. The van der Waals surface area contributed by atoms with Crippen LogP contribution in [0.5, 0.6) is 0 Å². The molecular weight excluding hydrogens is 283 g/mol. The normalized spacial score (nSPS) is 18.9. The maximum atomic E-state index is 13.1. The van der Waals surface area contributed by atoms with Crippen LogP contribution >= 0.6 is 0 Å². The Hall–Kier alpha value is -1.02. The van der Waals surface area contributed by atoms with E-state index in [0.29, 0.717) is 19.8 Å². The lowest BCUT2D eigenvalue weighted by molar-refractivity contribution is 0.0213. The summed E-state index contributed by atoms with van der Waals surface area (Å²) >= 11 is 0. The van der Waals surface area contributed by atoms with Crippen LogP contribution in [0.4, 0.5) is 4.39 Å². The van der Waals surface area contributed by atoms with Gasteiger partial charge < -0.3 is 4.74 Å². The van der Waals surface area contributed by atoms with Crippen LogP contribution in [0, 0.1) is 5.82 Å². The van der Waals surface area contributed by atoms with Gasteiger partial charge in [-0.15, -0.1) is 0 Å². The van der Waals surface area contributed by atoms with Crippen LogP contribution in [0.1, 0.15) is 6.92 Å². The maximum Gasteiger partial charge on any atom is 0.240 e. The molecule has 0 aliphatic carbocycles.